The largest absolute Gasteiger partial charge is 0.456 e. The minimum absolute atomic E-state index is 0.00787. The molecule has 0 radical (unpaired) electrons. The molecule has 150 valence electrons. The summed E-state index contributed by atoms with van der Waals surface area (Å²) in [6.07, 6.45) is 0.874. The van der Waals surface area contributed by atoms with Gasteiger partial charge in [0.25, 0.3) is 0 Å². The van der Waals surface area contributed by atoms with Crippen LogP contribution in [0.25, 0.3) is 0 Å². The molecule has 2 aliphatic rings. The zero-order valence-corrected chi connectivity index (χ0v) is 18.0. The summed E-state index contributed by atoms with van der Waals surface area (Å²) in [5, 5.41) is 1.59. The highest BCUT2D eigenvalue weighted by Crippen LogP contribution is 2.40. The zero-order valence-electron chi connectivity index (χ0n) is 16.4. The number of halogens is 1. The van der Waals surface area contributed by atoms with Crippen LogP contribution >= 0.6 is 23.4 Å². The molecule has 0 aromatic heterocycles. The molecule has 2 aromatic rings. The molecule has 1 fully saturated rings. The molecule has 2 atom stereocenters. The van der Waals surface area contributed by atoms with Gasteiger partial charge in [-0.3, -0.25) is 4.99 Å². The van der Waals surface area contributed by atoms with Crippen molar-refractivity contribution in [3.05, 3.63) is 83.2 Å². The van der Waals surface area contributed by atoms with E-state index in [2.05, 4.69) is 24.1 Å². The maximum atomic E-state index is 6.42. The third kappa shape index (κ3) is 4.16. The fraction of sp³-hybridized carbons (Fsp3) is 0.261. The highest BCUT2D eigenvalue weighted by atomic mass is 35.5. The lowest BCUT2D eigenvalue weighted by atomic mass is 9.97. The summed E-state index contributed by atoms with van der Waals surface area (Å²) in [4.78, 5) is 6.92. The summed E-state index contributed by atoms with van der Waals surface area (Å²) in [5.41, 5.74) is 9.78. The number of hydrogen-bond donors (Lipinski definition) is 1. The number of aryl methyl sites for hydroxylation is 1. The SMILES string of the molecule is C=C(N)C1CSC(N2C[C@@H](c3ccc(Cl)c(Oc4ccccc4C)c3)CC2=C)=N1. The molecular formula is C23H24ClN3OS. The van der Waals surface area contributed by atoms with E-state index in [9.17, 15) is 0 Å². The Kier molecular flexibility index (Phi) is 5.61. The van der Waals surface area contributed by atoms with Gasteiger partial charge >= 0.3 is 0 Å². The van der Waals surface area contributed by atoms with Crippen molar-refractivity contribution in [2.45, 2.75) is 25.3 Å². The minimum atomic E-state index is -0.00787. The van der Waals surface area contributed by atoms with Gasteiger partial charge in [0.15, 0.2) is 5.17 Å². The molecule has 2 aromatic carbocycles. The molecule has 2 aliphatic heterocycles. The average Bonchev–Trinajstić information content (AvgIpc) is 3.32. The smallest absolute Gasteiger partial charge is 0.164 e. The van der Waals surface area contributed by atoms with E-state index in [1.54, 1.807) is 11.8 Å². The first kappa shape index (κ1) is 19.9. The van der Waals surface area contributed by atoms with Crippen LogP contribution in [0, 0.1) is 6.92 Å². The maximum Gasteiger partial charge on any atom is 0.164 e. The van der Waals surface area contributed by atoms with Crippen molar-refractivity contribution in [2.24, 2.45) is 10.7 Å². The first-order chi connectivity index (χ1) is 13.9. The van der Waals surface area contributed by atoms with Crippen molar-refractivity contribution in [1.29, 1.82) is 0 Å². The summed E-state index contributed by atoms with van der Waals surface area (Å²) < 4.78 is 6.11. The van der Waals surface area contributed by atoms with Gasteiger partial charge in [-0.1, -0.05) is 60.8 Å². The van der Waals surface area contributed by atoms with Crippen molar-refractivity contribution >= 4 is 28.5 Å². The van der Waals surface area contributed by atoms with Crippen molar-refractivity contribution in [3.8, 4) is 11.5 Å². The fourth-order valence-corrected chi connectivity index (χ4v) is 4.90. The molecule has 6 heteroatoms. The lowest BCUT2D eigenvalue weighted by Crippen LogP contribution is -2.23. The summed E-state index contributed by atoms with van der Waals surface area (Å²) >= 11 is 8.13. The number of nitrogens with two attached hydrogens (primary N) is 1. The van der Waals surface area contributed by atoms with Gasteiger partial charge in [0.1, 0.15) is 17.5 Å². The number of allylic oxidation sites excluding steroid dienone is 1. The molecule has 2 N–H and O–H groups in total. The van der Waals surface area contributed by atoms with Crippen molar-refractivity contribution in [3.63, 3.8) is 0 Å². The Morgan fingerprint density at radius 3 is 2.79 bits per heavy atom. The predicted octanol–water partition coefficient (Wildman–Crippen LogP) is 5.69. The fourth-order valence-electron chi connectivity index (χ4n) is 3.59. The van der Waals surface area contributed by atoms with E-state index in [1.165, 1.54) is 5.56 Å². The summed E-state index contributed by atoms with van der Waals surface area (Å²) in [6.45, 7) is 11.0. The second-order valence-electron chi connectivity index (χ2n) is 7.45. The third-order valence-corrected chi connectivity index (χ3v) is 6.68. The summed E-state index contributed by atoms with van der Waals surface area (Å²) in [6, 6.07) is 13.9. The Bertz CT molecular complexity index is 1000. The number of likely N-dealkylation sites (tertiary alicyclic amines) is 1. The Labute approximate surface area is 181 Å². The van der Waals surface area contributed by atoms with E-state index in [-0.39, 0.29) is 6.04 Å². The van der Waals surface area contributed by atoms with Gasteiger partial charge in [-0.15, -0.1) is 0 Å². The second-order valence-corrected chi connectivity index (χ2v) is 8.84. The number of aliphatic imine (C=N–C) groups is 1. The summed E-state index contributed by atoms with van der Waals surface area (Å²) in [5.74, 6) is 2.64. The van der Waals surface area contributed by atoms with E-state index in [4.69, 9.17) is 27.1 Å². The van der Waals surface area contributed by atoms with E-state index in [0.717, 1.165) is 40.9 Å². The van der Waals surface area contributed by atoms with Crippen molar-refractivity contribution in [2.75, 3.05) is 12.3 Å². The van der Waals surface area contributed by atoms with Gasteiger partial charge in [0.2, 0.25) is 0 Å². The minimum Gasteiger partial charge on any atom is -0.456 e. The number of nitrogens with zero attached hydrogens (tertiary/aromatic N) is 2. The first-order valence-corrected chi connectivity index (χ1v) is 10.9. The molecule has 29 heavy (non-hydrogen) atoms. The molecule has 0 saturated carbocycles. The molecule has 4 nitrogen and oxygen atoms in total. The van der Waals surface area contributed by atoms with Crippen LogP contribution < -0.4 is 10.5 Å². The Balaban J connectivity index is 1.54. The van der Waals surface area contributed by atoms with Crippen LogP contribution in [0.1, 0.15) is 23.5 Å². The van der Waals surface area contributed by atoms with Crippen molar-refractivity contribution in [1.82, 2.24) is 4.90 Å². The zero-order chi connectivity index (χ0) is 20.5. The van der Waals surface area contributed by atoms with E-state index >= 15 is 0 Å². The molecular weight excluding hydrogens is 402 g/mol. The van der Waals surface area contributed by atoms with Crippen LogP contribution in [-0.4, -0.2) is 28.4 Å². The van der Waals surface area contributed by atoms with Gasteiger partial charge in [0, 0.05) is 29.6 Å². The van der Waals surface area contributed by atoms with E-state index < -0.39 is 0 Å². The standard InChI is InChI=1S/C23H24ClN3OS/c1-14-6-4-5-7-21(14)28-22-11-17(8-9-19(22)24)18-10-15(2)27(12-18)23-26-20(13-29-23)16(3)25/h4-9,11,18,20H,2-3,10,12-13,25H2,1H3/t18-,20?/m0/s1. The highest BCUT2D eigenvalue weighted by Gasteiger charge is 2.33. The third-order valence-electron chi connectivity index (χ3n) is 5.30. The molecule has 0 spiro atoms. The number of thioether (sulfide) groups is 1. The molecule has 1 unspecified atom stereocenters. The van der Waals surface area contributed by atoms with E-state index in [0.29, 0.717) is 22.4 Å². The van der Waals surface area contributed by atoms with Crippen LogP contribution in [0.2, 0.25) is 5.02 Å². The molecule has 2 heterocycles. The highest BCUT2D eigenvalue weighted by molar-refractivity contribution is 8.14. The van der Waals surface area contributed by atoms with Gasteiger partial charge in [0.05, 0.1) is 5.02 Å². The Morgan fingerprint density at radius 2 is 2.07 bits per heavy atom. The number of amidine groups is 1. The number of hydrogen-bond acceptors (Lipinski definition) is 5. The number of benzene rings is 2. The van der Waals surface area contributed by atoms with Gasteiger partial charge in [-0.25, -0.2) is 0 Å². The lowest BCUT2D eigenvalue weighted by Gasteiger charge is -2.19. The maximum absolute atomic E-state index is 6.42. The van der Waals surface area contributed by atoms with Gasteiger partial charge < -0.3 is 15.4 Å². The summed E-state index contributed by atoms with van der Waals surface area (Å²) in [7, 11) is 0. The Hall–Kier alpha value is -2.37. The Morgan fingerprint density at radius 1 is 1.28 bits per heavy atom. The quantitative estimate of drug-likeness (QED) is 0.683. The molecule has 1 saturated heterocycles. The van der Waals surface area contributed by atoms with Gasteiger partial charge in [-0.05, 0) is 42.7 Å². The molecule has 0 aliphatic carbocycles. The molecule has 0 amide bonds. The number of para-hydroxylation sites is 1. The van der Waals surface area contributed by atoms with Crippen molar-refractivity contribution < 1.29 is 4.74 Å². The van der Waals surface area contributed by atoms with Gasteiger partial charge in [-0.2, -0.15) is 0 Å². The van der Waals surface area contributed by atoms with Crippen LogP contribution in [0.5, 0.6) is 11.5 Å². The van der Waals surface area contributed by atoms with Crippen LogP contribution in [0.15, 0.2) is 72.0 Å². The topological polar surface area (TPSA) is 50.8 Å². The predicted molar refractivity (Wildman–Crippen MR) is 123 cm³/mol. The first-order valence-electron chi connectivity index (χ1n) is 9.55. The number of ether oxygens (including phenoxy) is 1. The average molecular weight is 426 g/mol. The van der Waals surface area contributed by atoms with Crippen LogP contribution in [-0.2, 0) is 0 Å². The van der Waals surface area contributed by atoms with E-state index in [1.807, 2.05) is 43.3 Å². The monoisotopic (exact) mass is 425 g/mol. The normalized spacial score (nSPS) is 21.4. The molecule has 4 rings (SSSR count). The van der Waals surface area contributed by atoms with Crippen LogP contribution in [0.4, 0.5) is 0 Å². The second kappa shape index (κ2) is 8.17. The molecule has 0 bridgehead atoms. The van der Waals surface area contributed by atoms with Crippen LogP contribution in [0.3, 0.4) is 0 Å². The number of rotatable bonds is 4. The lowest BCUT2D eigenvalue weighted by molar-refractivity contribution is 0.477.